The maximum atomic E-state index is 12.7. The van der Waals surface area contributed by atoms with Crippen molar-refractivity contribution in [2.75, 3.05) is 5.32 Å². The number of hydrogen-bond acceptors (Lipinski definition) is 3. The largest absolute Gasteiger partial charge is 0.481 e. The summed E-state index contributed by atoms with van der Waals surface area (Å²) in [7, 11) is 0. The molecule has 4 N–H and O–H groups in total. The number of benzene rings is 1. The lowest BCUT2D eigenvalue weighted by molar-refractivity contribution is -0.139. The highest BCUT2D eigenvalue weighted by Gasteiger charge is 2.32. The van der Waals surface area contributed by atoms with Gasteiger partial charge in [0.15, 0.2) is 0 Å². The number of aryl methyl sites for hydroxylation is 1. The standard InChI is InChI=1S/C12H13F3N2O3/c1-6-2-3-7(4-8(6)12(13,14)15)17-11(20)9(16)5-10(18)19/h2-4,9H,5,16H2,1H3,(H,17,20)(H,18,19). The van der Waals surface area contributed by atoms with E-state index < -0.39 is 36.1 Å². The summed E-state index contributed by atoms with van der Waals surface area (Å²) in [6.45, 7) is 1.30. The van der Waals surface area contributed by atoms with E-state index in [1.54, 1.807) is 0 Å². The molecule has 1 aromatic carbocycles. The third-order valence-electron chi connectivity index (χ3n) is 2.54. The van der Waals surface area contributed by atoms with E-state index in [1.807, 2.05) is 0 Å². The van der Waals surface area contributed by atoms with Crippen LogP contribution in [-0.2, 0) is 15.8 Å². The van der Waals surface area contributed by atoms with Crippen molar-refractivity contribution in [2.45, 2.75) is 25.6 Å². The summed E-state index contributed by atoms with van der Waals surface area (Å²) in [5.41, 5.74) is 4.36. The Morgan fingerprint density at radius 3 is 2.50 bits per heavy atom. The quantitative estimate of drug-likeness (QED) is 0.787. The Morgan fingerprint density at radius 2 is 2.00 bits per heavy atom. The van der Waals surface area contributed by atoms with Crippen LogP contribution in [0.1, 0.15) is 17.5 Å². The Labute approximate surface area is 112 Å². The lowest BCUT2D eigenvalue weighted by atomic mass is 10.1. The molecule has 0 aliphatic carbocycles. The minimum absolute atomic E-state index is 0.0188. The number of halogens is 3. The molecule has 1 atom stereocenters. The van der Waals surface area contributed by atoms with Gasteiger partial charge < -0.3 is 16.2 Å². The lowest BCUT2D eigenvalue weighted by Gasteiger charge is -2.14. The molecule has 20 heavy (non-hydrogen) atoms. The number of aliphatic carboxylic acids is 1. The Hall–Kier alpha value is -2.09. The Balaban J connectivity index is 2.89. The SMILES string of the molecule is Cc1ccc(NC(=O)C(N)CC(=O)O)cc1C(F)(F)F. The van der Waals surface area contributed by atoms with E-state index in [1.165, 1.54) is 19.1 Å². The number of carbonyl (C=O) groups excluding carboxylic acids is 1. The second-order valence-electron chi connectivity index (χ2n) is 4.22. The zero-order valence-electron chi connectivity index (χ0n) is 10.5. The van der Waals surface area contributed by atoms with Crippen LogP contribution in [-0.4, -0.2) is 23.0 Å². The summed E-state index contributed by atoms with van der Waals surface area (Å²) >= 11 is 0. The highest BCUT2D eigenvalue weighted by molar-refractivity contribution is 5.96. The van der Waals surface area contributed by atoms with Crippen LogP contribution in [0.3, 0.4) is 0 Å². The van der Waals surface area contributed by atoms with Crippen LogP contribution in [0.2, 0.25) is 0 Å². The van der Waals surface area contributed by atoms with E-state index in [-0.39, 0.29) is 11.3 Å². The van der Waals surface area contributed by atoms with Crippen LogP contribution in [0.5, 0.6) is 0 Å². The van der Waals surface area contributed by atoms with Crippen molar-refractivity contribution in [3.63, 3.8) is 0 Å². The second-order valence-corrected chi connectivity index (χ2v) is 4.22. The smallest absolute Gasteiger partial charge is 0.416 e. The molecule has 0 radical (unpaired) electrons. The molecule has 0 bridgehead atoms. The first-order valence-electron chi connectivity index (χ1n) is 5.57. The van der Waals surface area contributed by atoms with Gasteiger partial charge in [0.25, 0.3) is 0 Å². The van der Waals surface area contributed by atoms with Gasteiger partial charge in [-0.3, -0.25) is 9.59 Å². The molecular formula is C12H13F3N2O3. The van der Waals surface area contributed by atoms with Crippen molar-refractivity contribution in [1.82, 2.24) is 0 Å². The van der Waals surface area contributed by atoms with E-state index in [0.717, 1.165) is 6.07 Å². The molecule has 0 aliphatic heterocycles. The summed E-state index contributed by atoms with van der Waals surface area (Å²) in [6, 6.07) is 1.95. The lowest BCUT2D eigenvalue weighted by Crippen LogP contribution is -2.37. The van der Waals surface area contributed by atoms with E-state index in [9.17, 15) is 22.8 Å². The predicted octanol–water partition coefficient (Wildman–Crippen LogP) is 1.75. The average Bonchev–Trinajstić information content (AvgIpc) is 2.29. The normalized spacial score (nSPS) is 12.8. The zero-order valence-corrected chi connectivity index (χ0v) is 10.5. The van der Waals surface area contributed by atoms with Crippen molar-refractivity contribution >= 4 is 17.6 Å². The van der Waals surface area contributed by atoms with E-state index >= 15 is 0 Å². The number of hydrogen-bond donors (Lipinski definition) is 3. The molecule has 0 saturated heterocycles. The number of alkyl halides is 3. The van der Waals surface area contributed by atoms with E-state index in [2.05, 4.69) is 5.32 Å². The van der Waals surface area contributed by atoms with Crippen LogP contribution >= 0.6 is 0 Å². The van der Waals surface area contributed by atoms with Gasteiger partial charge in [-0.2, -0.15) is 13.2 Å². The fraction of sp³-hybridized carbons (Fsp3) is 0.333. The van der Waals surface area contributed by atoms with Crippen LogP contribution in [0.25, 0.3) is 0 Å². The van der Waals surface area contributed by atoms with Gasteiger partial charge in [0.2, 0.25) is 5.91 Å². The van der Waals surface area contributed by atoms with Crippen molar-refractivity contribution in [3.8, 4) is 0 Å². The van der Waals surface area contributed by atoms with Crippen molar-refractivity contribution in [3.05, 3.63) is 29.3 Å². The summed E-state index contributed by atoms with van der Waals surface area (Å²) in [4.78, 5) is 21.9. The van der Waals surface area contributed by atoms with Crippen molar-refractivity contribution in [1.29, 1.82) is 0 Å². The number of carboxylic acids is 1. The number of anilines is 1. The molecule has 0 heterocycles. The Bertz CT molecular complexity index is 529. The van der Waals surface area contributed by atoms with Crippen LogP contribution < -0.4 is 11.1 Å². The number of nitrogens with two attached hydrogens (primary N) is 1. The first-order valence-corrected chi connectivity index (χ1v) is 5.57. The average molecular weight is 290 g/mol. The van der Waals surface area contributed by atoms with E-state index in [4.69, 9.17) is 10.8 Å². The molecule has 8 heteroatoms. The Morgan fingerprint density at radius 1 is 1.40 bits per heavy atom. The fourth-order valence-electron chi connectivity index (χ4n) is 1.52. The minimum atomic E-state index is -4.53. The van der Waals surface area contributed by atoms with Gasteiger partial charge in [0.1, 0.15) is 0 Å². The number of amides is 1. The molecule has 0 fully saturated rings. The monoisotopic (exact) mass is 290 g/mol. The summed E-state index contributed by atoms with van der Waals surface area (Å²) < 4.78 is 38.0. The van der Waals surface area contributed by atoms with Crippen LogP contribution in [0, 0.1) is 6.92 Å². The highest BCUT2D eigenvalue weighted by atomic mass is 19.4. The van der Waals surface area contributed by atoms with Gasteiger partial charge in [-0.05, 0) is 24.6 Å². The van der Waals surface area contributed by atoms with Crippen molar-refractivity contribution < 1.29 is 27.9 Å². The zero-order chi connectivity index (χ0) is 15.5. The summed E-state index contributed by atoms with van der Waals surface area (Å²) in [6.07, 6.45) is -5.14. The van der Waals surface area contributed by atoms with Crippen LogP contribution in [0.4, 0.5) is 18.9 Å². The number of carboxylic acid groups (broad SMARTS) is 1. The number of nitrogens with one attached hydrogen (secondary N) is 1. The van der Waals surface area contributed by atoms with Gasteiger partial charge in [-0.15, -0.1) is 0 Å². The maximum Gasteiger partial charge on any atom is 0.416 e. The first kappa shape index (κ1) is 16.0. The van der Waals surface area contributed by atoms with Crippen molar-refractivity contribution in [2.24, 2.45) is 5.73 Å². The molecule has 1 aromatic rings. The summed E-state index contributed by atoms with van der Waals surface area (Å²) in [5, 5.41) is 10.6. The third-order valence-corrected chi connectivity index (χ3v) is 2.54. The highest BCUT2D eigenvalue weighted by Crippen LogP contribution is 2.33. The molecule has 110 valence electrons. The van der Waals surface area contributed by atoms with E-state index in [0.29, 0.717) is 0 Å². The maximum absolute atomic E-state index is 12.7. The summed E-state index contributed by atoms with van der Waals surface area (Å²) in [5.74, 6) is -2.13. The van der Waals surface area contributed by atoms with Gasteiger partial charge in [-0.1, -0.05) is 6.07 Å². The molecular weight excluding hydrogens is 277 g/mol. The minimum Gasteiger partial charge on any atom is -0.481 e. The van der Waals surface area contributed by atoms with Gasteiger partial charge in [-0.25, -0.2) is 0 Å². The second kappa shape index (κ2) is 5.91. The molecule has 5 nitrogen and oxygen atoms in total. The fourth-order valence-corrected chi connectivity index (χ4v) is 1.52. The number of carbonyl (C=O) groups is 2. The molecule has 0 saturated carbocycles. The number of rotatable bonds is 4. The first-order chi connectivity index (χ1) is 9.11. The Kier molecular flexibility index (Phi) is 4.72. The molecule has 0 aliphatic rings. The third kappa shape index (κ3) is 4.23. The molecule has 0 aromatic heterocycles. The topological polar surface area (TPSA) is 92.4 Å². The van der Waals surface area contributed by atoms with Gasteiger partial charge in [0, 0.05) is 5.69 Å². The molecule has 1 unspecified atom stereocenters. The molecule has 1 rings (SSSR count). The van der Waals surface area contributed by atoms with Gasteiger partial charge in [0.05, 0.1) is 18.0 Å². The van der Waals surface area contributed by atoms with Gasteiger partial charge >= 0.3 is 12.1 Å². The molecule has 1 amide bonds. The molecule has 0 spiro atoms. The predicted molar refractivity (Wildman–Crippen MR) is 65.0 cm³/mol. The van der Waals surface area contributed by atoms with Crippen LogP contribution in [0.15, 0.2) is 18.2 Å².